The third kappa shape index (κ3) is 3.75. The normalized spacial score (nSPS) is 13.9. The fraction of sp³-hybridized carbons (Fsp3) is 0.294. The van der Waals surface area contributed by atoms with Gasteiger partial charge in [-0.3, -0.25) is 4.21 Å². The number of alkyl halides is 6. The zero-order valence-corrected chi connectivity index (χ0v) is 16.4. The molecule has 0 aromatic carbocycles. The van der Waals surface area contributed by atoms with Crippen LogP contribution in [0.25, 0.3) is 16.8 Å². The van der Waals surface area contributed by atoms with E-state index in [0.717, 1.165) is 10.6 Å². The highest BCUT2D eigenvalue weighted by atomic mass is 32.2. The van der Waals surface area contributed by atoms with Crippen LogP contribution in [0.2, 0.25) is 0 Å². The van der Waals surface area contributed by atoms with Gasteiger partial charge in [0.15, 0.2) is 22.0 Å². The van der Waals surface area contributed by atoms with Crippen LogP contribution in [0.15, 0.2) is 35.5 Å². The summed E-state index contributed by atoms with van der Waals surface area (Å²) in [7, 11) is -1.86. The van der Waals surface area contributed by atoms with Crippen molar-refractivity contribution in [3.63, 3.8) is 0 Å². The van der Waals surface area contributed by atoms with Crippen molar-refractivity contribution in [3.05, 3.63) is 47.7 Å². The van der Waals surface area contributed by atoms with Gasteiger partial charge in [-0.15, -0.1) is 13.2 Å². The summed E-state index contributed by atoms with van der Waals surface area (Å²) in [5.41, 5.74) is -1.89. The summed E-state index contributed by atoms with van der Waals surface area (Å²) in [6.45, 7) is 1.52. The first-order chi connectivity index (χ1) is 14.5. The number of nitrogens with zero attached hydrogens (tertiary/aromatic N) is 6. The van der Waals surface area contributed by atoms with Crippen molar-refractivity contribution in [3.8, 4) is 0 Å². The number of hydrogen-bond donors (Lipinski definition) is 0. The van der Waals surface area contributed by atoms with Gasteiger partial charge in [0, 0.05) is 11.9 Å². The summed E-state index contributed by atoms with van der Waals surface area (Å²) in [6, 6.07) is 4.48. The summed E-state index contributed by atoms with van der Waals surface area (Å²) in [5.74, 6) is -0.495. The molecule has 4 rings (SSSR count). The first kappa shape index (κ1) is 21.2. The molecule has 7 nitrogen and oxygen atoms in total. The van der Waals surface area contributed by atoms with Gasteiger partial charge in [0.25, 0.3) is 0 Å². The number of rotatable bonds is 4. The minimum Gasteiger partial charge on any atom is -0.253 e. The minimum atomic E-state index is -4.86. The molecule has 4 aromatic rings. The maximum Gasteiger partial charge on any atom is 0.491 e. The van der Waals surface area contributed by atoms with Gasteiger partial charge in [0.05, 0.1) is 22.9 Å². The zero-order valence-electron chi connectivity index (χ0n) is 15.6. The van der Waals surface area contributed by atoms with E-state index in [1.165, 1.54) is 25.3 Å². The Hall–Kier alpha value is -3.03. The van der Waals surface area contributed by atoms with Crippen LogP contribution in [-0.2, 0) is 29.7 Å². The smallest absolute Gasteiger partial charge is 0.253 e. The van der Waals surface area contributed by atoms with Crippen molar-refractivity contribution >= 4 is 27.6 Å². The predicted molar refractivity (Wildman–Crippen MR) is 96.6 cm³/mol. The second kappa shape index (κ2) is 7.28. The number of pyridine rings is 1. The maximum absolute atomic E-state index is 13.7. The molecular formula is C17H12F6N6OS. The van der Waals surface area contributed by atoms with Crippen molar-refractivity contribution in [1.82, 2.24) is 29.1 Å². The molecular weight excluding hydrogens is 450 g/mol. The molecule has 0 aliphatic heterocycles. The highest BCUT2D eigenvalue weighted by Gasteiger charge is 2.37. The largest absolute Gasteiger partial charge is 0.491 e. The summed E-state index contributed by atoms with van der Waals surface area (Å²) < 4.78 is 93.6. The lowest BCUT2D eigenvalue weighted by molar-refractivity contribution is -0.202. The fourth-order valence-electron chi connectivity index (χ4n) is 3.08. The second-order valence-corrected chi connectivity index (χ2v) is 7.99. The average Bonchev–Trinajstić information content (AvgIpc) is 3.23. The molecule has 14 heteroatoms. The van der Waals surface area contributed by atoms with E-state index in [1.54, 1.807) is 0 Å². The molecule has 0 saturated carbocycles. The summed E-state index contributed by atoms with van der Waals surface area (Å²) in [4.78, 5) is 11.8. The molecule has 0 aliphatic rings. The van der Waals surface area contributed by atoms with Gasteiger partial charge in [-0.25, -0.2) is 24.0 Å². The molecule has 0 spiro atoms. The molecule has 0 amide bonds. The number of hydrogen-bond acceptors (Lipinski definition) is 5. The monoisotopic (exact) mass is 462 g/mol. The van der Waals surface area contributed by atoms with Gasteiger partial charge < -0.3 is 0 Å². The lowest BCUT2D eigenvalue weighted by Crippen LogP contribution is -2.20. The van der Waals surface area contributed by atoms with Gasteiger partial charge in [-0.2, -0.15) is 18.3 Å². The van der Waals surface area contributed by atoms with E-state index in [1.807, 2.05) is 0 Å². The molecule has 4 heterocycles. The second-order valence-electron chi connectivity index (χ2n) is 6.34. The third-order valence-corrected chi connectivity index (χ3v) is 5.70. The van der Waals surface area contributed by atoms with E-state index >= 15 is 0 Å². The Morgan fingerprint density at radius 1 is 1.06 bits per heavy atom. The van der Waals surface area contributed by atoms with Crippen molar-refractivity contribution in [2.45, 2.75) is 30.8 Å². The van der Waals surface area contributed by atoms with Crippen molar-refractivity contribution in [2.24, 2.45) is 0 Å². The molecule has 164 valence electrons. The van der Waals surface area contributed by atoms with E-state index in [9.17, 15) is 30.6 Å². The fourth-order valence-corrected chi connectivity index (χ4v) is 4.07. The average molecular weight is 462 g/mol. The Balaban J connectivity index is 1.92. The van der Waals surface area contributed by atoms with E-state index in [4.69, 9.17) is 0 Å². The van der Waals surface area contributed by atoms with Crippen LogP contribution >= 0.6 is 0 Å². The summed E-state index contributed by atoms with van der Waals surface area (Å²) in [6.07, 6.45) is -8.98. The Morgan fingerprint density at radius 2 is 1.81 bits per heavy atom. The van der Waals surface area contributed by atoms with E-state index in [0.29, 0.717) is 6.07 Å². The zero-order chi connectivity index (χ0) is 22.6. The molecule has 1 unspecified atom stereocenters. The first-order valence-corrected chi connectivity index (χ1v) is 10.1. The van der Waals surface area contributed by atoms with E-state index in [2.05, 4.69) is 20.1 Å². The lowest BCUT2D eigenvalue weighted by Gasteiger charge is -2.11. The standard InChI is InChI=1S/C17H12F6N6OS/c1-2-31(30)15-10(26-12-6-5-11(16(18,19)20)27-29(12)15)8-13-25-9-4-3-7-24-14(9)28(13)17(21,22)23/h3-7H,2,8H2,1H3. The Kier molecular flexibility index (Phi) is 4.98. The van der Waals surface area contributed by atoms with Gasteiger partial charge in [-0.05, 0) is 24.3 Å². The van der Waals surface area contributed by atoms with Gasteiger partial charge in [-0.1, -0.05) is 6.92 Å². The van der Waals surface area contributed by atoms with Crippen LogP contribution in [0.4, 0.5) is 26.3 Å². The number of halogens is 6. The molecule has 4 aromatic heterocycles. The molecule has 0 radical (unpaired) electrons. The molecule has 0 N–H and O–H groups in total. The SMILES string of the molecule is CCS(=O)c1c(Cc2nc3cccnc3n2C(F)(F)F)nc2ccc(C(F)(F)F)nn12. The Labute approximate surface area is 172 Å². The van der Waals surface area contributed by atoms with Crippen LogP contribution in [0.1, 0.15) is 24.1 Å². The summed E-state index contributed by atoms with van der Waals surface area (Å²) in [5, 5.41) is 3.26. The molecule has 0 saturated heterocycles. The highest BCUT2D eigenvalue weighted by molar-refractivity contribution is 7.85. The number of imidazole rings is 2. The van der Waals surface area contributed by atoms with E-state index in [-0.39, 0.29) is 32.2 Å². The first-order valence-electron chi connectivity index (χ1n) is 8.74. The number of fused-ring (bicyclic) bond motifs is 2. The van der Waals surface area contributed by atoms with Crippen molar-refractivity contribution in [2.75, 3.05) is 5.75 Å². The third-order valence-electron chi connectivity index (χ3n) is 4.34. The van der Waals surface area contributed by atoms with Crippen LogP contribution in [0.5, 0.6) is 0 Å². The lowest BCUT2D eigenvalue weighted by atomic mass is 10.3. The van der Waals surface area contributed by atoms with Gasteiger partial charge in [0.2, 0.25) is 0 Å². The number of aromatic nitrogens is 6. The van der Waals surface area contributed by atoms with Crippen molar-refractivity contribution < 1.29 is 30.6 Å². The molecule has 1 atom stereocenters. The van der Waals surface area contributed by atoms with Crippen molar-refractivity contribution in [1.29, 1.82) is 0 Å². The van der Waals surface area contributed by atoms with E-state index < -0.39 is 46.9 Å². The molecule has 0 bridgehead atoms. The van der Waals surface area contributed by atoms with Gasteiger partial charge in [0.1, 0.15) is 11.3 Å². The van der Waals surface area contributed by atoms with Crippen LogP contribution in [0, 0.1) is 0 Å². The predicted octanol–water partition coefficient (Wildman–Crippen LogP) is 3.69. The summed E-state index contributed by atoms with van der Waals surface area (Å²) >= 11 is 0. The molecule has 31 heavy (non-hydrogen) atoms. The molecule has 0 fully saturated rings. The van der Waals surface area contributed by atoms with Crippen LogP contribution < -0.4 is 0 Å². The molecule has 0 aliphatic carbocycles. The van der Waals surface area contributed by atoms with Gasteiger partial charge >= 0.3 is 12.5 Å². The van der Waals surface area contributed by atoms with Crippen LogP contribution in [0.3, 0.4) is 0 Å². The highest BCUT2D eigenvalue weighted by Crippen LogP contribution is 2.31. The van der Waals surface area contributed by atoms with Crippen LogP contribution in [-0.4, -0.2) is 39.1 Å². The Morgan fingerprint density at radius 3 is 2.45 bits per heavy atom. The quantitative estimate of drug-likeness (QED) is 0.433. The Bertz CT molecular complexity index is 1310. The minimum absolute atomic E-state index is 0.00401. The maximum atomic E-state index is 13.7. The topological polar surface area (TPSA) is 78.0 Å².